The average Bonchev–Trinajstić information content (AvgIpc) is 3.31. The second kappa shape index (κ2) is 7.44. The number of nitrogens with zero attached hydrogens (tertiary/aromatic N) is 6. The van der Waals surface area contributed by atoms with Crippen molar-refractivity contribution < 1.29 is 14.4 Å². The summed E-state index contributed by atoms with van der Waals surface area (Å²) in [5, 5.41) is 13.9. The molecule has 0 aliphatic carbocycles. The standard InChI is InChI=1S/C20H20N6O3/c1-12-23-19(24-29-12)13-4-5-21-15(8-13)16-9-14-10-17(20(28)25(2)6-7-27)26(3)18(14)11-22-16/h4-5,8-11,27H,6-7H2,1-3H3. The molecule has 4 aromatic heterocycles. The van der Waals surface area contributed by atoms with Crippen molar-refractivity contribution in [3.05, 3.63) is 48.2 Å². The van der Waals surface area contributed by atoms with Crippen molar-refractivity contribution in [2.45, 2.75) is 6.92 Å². The van der Waals surface area contributed by atoms with Crippen LogP contribution in [0, 0.1) is 6.92 Å². The molecule has 29 heavy (non-hydrogen) atoms. The van der Waals surface area contributed by atoms with Gasteiger partial charge in [-0.25, -0.2) is 0 Å². The summed E-state index contributed by atoms with van der Waals surface area (Å²) >= 11 is 0. The molecule has 0 aliphatic rings. The monoisotopic (exact) mass is 392 g/mol. The molecule has 4 aromatic rings. The molecule has 0 radical (unpaired) electrons. The summed E-state index contributed by atoms with van der Waals surface area (Å²) in [4.78, 5) is 27.3. The maximum Gasteiger partial charge on any atom is 0.270 e. The van der Waals surface area contributed by atoms with E-state index in [0.29, 0.717) is 28.8 Å². The van der Waals surface area contributed by atoms with Crippen LogP contribution in [0.15, 0.2) is 41.2 Å². The maximum absolute atomic E-state index is 12.6. The SMILES string of the molecule is Cc1nc(-c2ccnc(-c3cc4cc(C(=O)N(C)CCO)n(C)c4cn3)c2)no1. The Morgan fingerprint density at radius 3 is 2.76 bits per heavy atom. The van der Waals surface area contributed by atoms with Crippen molar-refractivity contribution in [3.63, 3.8) is 0 Å². The van der Waals surface area contributed by atoms with Crippen molar-refractivity contribution in [3.8, 4) is 22.8 Å². The number of aliphatic hydroxyl groups excluding tert-OH is 1. The van der Waals surface area contributed by atoms with Crippen LogP contribution in [0.4, 0.5) is 0 Å². The highest BCUT2D eigenvalue weighted by atomic mass is 16.5. The van der Waals surface area contributed by atoms with Crippen LogP contribution in [-0.4, -0.2) is 60.8 Å². The molecule has 0 unspecified atom stereocenters. The molecule has 4 heterocycles. The molecule has 0 fully saturated rings. The molecular formula is C20H20N6O3. The van der Waals surface area contributed by atoms with Gasteiger partial charge in [-0.1, -0.05) is 5.16 Å². The van der Waals surface area contributed by atoms with E-state index >= 15 is 0 Å². The average molecular weight is 392 g/mol. The van der Waals surface area contributed by atoms with Gasteiger partial charge in [-0.15, -0.1) is 0 Å². The van der Waals surface area contributed by atoms with E-state index in [9.17, 15) is 4.79 Å². The fraction of sp³-hybridized carbons (Fsp3) is 0.250. The van der Waals surface area contributed by atoms with Crippen molar-refractivity contribution in [2.75, 3.05) is 20.2 Å². The van der Waals surface area contributed by atoms with Gasteiger partial charge in [-0.3, -0.25) is 14.8 Å². The van der Waals surface area contributed by atoms with Gasteiger partial charge in [0.15, 0.2) is 0 Å². The van der Waals surface area contributed by atoms with Crippen LogP contribution in [-0.2, 0) is 7.05 Å². The van der Waals surface area contributed by atoms with Gasteiger partial charge in [0.1, 0.15) is 5.69 Å². The number of aliphatic hydroxyl groups is 1. The third kappa shape index (κ3) is 3.47. The molecule has 0 aliphatic heterocycles. The minimum Gasteiger partial charge on any atom is -0.395 e. The Bertz CT molecular complexity index is 1200. The first-order chi connectivity index (χ1) is 14.0. The first-order valence-electron chi connectivity index (χ1n) is 9.07. The number of fused-ring (bicyclic) bond motifs is 1. The van der Waals surface area contributed by atoms with Crippen LogP contribution in [0.25, 0.3) is 33.7 Å². The Hall–Kier alpha value is -3.59. The van der Waals surface area contributed by atoms with E-state index in [1.807, 2.05) is 31.3 Å². The largest absolute Gasteiger partial charge is 0.395 e. The number of aryl methyl sites for hydroxylation is 2. The van der Waals surface area contributed by atoms with E-state index in [0.717, 1.165) is 16.5 Å². The van der Waals surface area contributed by atoms with Gasteiger partial charge in [0.2, 0.25) is 11.7 Å². The number of hydrogen-bond acceptors (Lipinski definition) is 7. The smallest absolute Gasteiger partial charge is 0.270 e. The Labute approximate surface area is 166 Å². The zero-order valence-corrected chi connectivity index (χ0v) is 16.3. The second-order valence-electron chi connectivity index (χ2n) is 6.73. The summed E-state index contributed by atoms with van der Waals surface area (Å²) in [6.45, 7) is 1.93. The van der Waals surface area contributed by atoms with E-state index < -0.39 is 0 Å². The molecular weight excluding hydrogens is 372 g/mol. The van der Waals surface area contributed by atoms with Crippen LogP contribution in [0.5, 0.6) is 0 Å². The summed E-state index contributed by atoms with van der Waals surface area (Å²) in [5.74, 6) is 0.823. The molecule has 0 atom stereocenters. The minimum absolute atomic E-state index is 0.0835. The summed E-state index contributed by atoms with van der Waals surface area (Å²) in [6.07, 6.45) is 3.40. The molecule has 9 nitrogen and oxygen atoms in total. The van der Waals surface area contributed by atoms with Crippen LogP contribution in [0.2, 0.25) is 0 Å². The predicted octanol–water partition coefficient (Wildman–Crippen LogP) is 2.06. The van der Waals surface area contributed by atoms with E-state index in [1.54, 1.807) is 30.9 Å². The third-order valence-electron chi connectivity index (χ3n) is 4.74. The number of pyridine rings is 2. The van der Waals surface area contributed by atoms with Crippen LogP contribution in [0.3, 0.4) is 0 Å². The first-order valence-corrected chi connectivity index (χ1v) is 9.07. The van der Waals surface area contributed by atoms with Gasteiger partial charge in [0, 0.05) is 44.7 Å². The Morgan fingerprint density at radius 1 is 1.24 bits per heavy atom. The maximum atomic E-state index is 12.6. The Morgan fingerprint density at radius 2 is 2.03 bits per heavy atom. The topological polar surface area (TPSA) is 110 Å². The fourth-order valence-electron chi connectivity index (χ4n) is 3.15. The van der Waals surface area contributed by atoms with Crippen molar-refractivity contribution in [2.24, 2.45) is 7.05 Å². The van der Waals surface area contributed by atoms with Gasteiger partial charge < -0.3 is 19.1 Å². The molecule has 0 spiro atoms. The van der Waals surface area contributed by atoms with E-state index in [2.05, 4.69) is 20.1 Å². The number of likely N-dealkylation sites (N-methyl/N-ethyl adjacent to an activating group) is 1. The number of hydrogen-bond donors (Lipinski definition) is 1. The van der Waals surface area contributed by atoms with Crippen molar-refractivity contribution >= 4 is 16.8 Å². The van der Waals surface area contributed by atoms with Gasteiger partial charge >= 0.3 is 0 Å². The van der Waals surface area contributed by atoms with Crippen LogP contribution < -0.4 is 0 Å². The number of aromatic nitrogens is 5. The van der Waals surface area contributed by atoms with E-state index in [-0.39, 0.29) is 19.1 Å². The van der Waals surface area contributed by atoms with E-state index in [1.165, 1.54) is 4.90 Å². The normalized spacial score (nSPS) is 11.2. The number of carbonyl (C=O) groups is 1. The first kappa shape index (κ1) is 18.8. The summed E-state index contributed by atoms with van der Waals surface area (Å²) in [5.41, 5.74) is 3.48. The van der Waals surface area contributed by atoms with Crippen LogP contribution in [0.1, 0.15) is 16.4 Å². The lowest BCUT2D eigenvalue weighted by Gasteiger charge is -2.15. The second-order valence-corrected chi connectivity index (χ2v) is 6.73. The van der Waals surface area contributed by atoms with Crippen molar-refractivity contribution in [1.82, 2.24) is 29.6 Å². The fourth-order valence-corrected chi connectivity index (χ4v) is 3.15. The van der Waals surface area contributed by atoms with Crippen LogP contribution >= 0.6 is 0 Å². The summed E-state index contributed by atoms with van der Waals surface area (Å²) < 4.78 is 6.85. The molecule has 0 saturated heterocycles. The minimum atomic E-state index is -0.160. The molecule has 148 valence electrons. The highest BCUT2D eigenvalue weighted by Crippen LogP contribution is 2.26. The lowest BCUT2D eigenvalue weighted by atomic mass is 10.1. The Kier molecular flexibility index (Phi) is 4.81. The number of amides is 1. The number of rotatable bonds is 5. The predicted molar refractivity (Wildman–Crippen MR) is 106 cm³/mol. The zero-order valence-electron chi connectivity index (χ0n) is 16.3. The summed E-state index contributed by atoms with van der Waals surface area (Å²) in [6, 6.07) is 7.37. The molecule has 0 aromatic carbocycles. The highest BCUT2D eigenvalue weighted by molar-refractivity contribution is 5.99. The lowest BCUT2D eigenvalue weighted by Crippen LogP contribution is -2.30. The van der Waals surface area contributed by atoms with Crippen molar-refractivity contribution in [1.29, 1.82) is 0 Å². The molecule has 4 rings (SSSR count). The molecule has 1 amide bonds. The van der Waals surface area contributed by atoms with Gasteiger partial charge in [0.25, 0.3) is 5.91 Å². The molecule has 0 bridgehead atoms. The van der Waals surface area contributed by atoms with Gasteiger partial charge in [-0.2, -0.15) is 4.98 Å². The lowest BCUT2D eigenvalue weighted by molar-refractivity contribution is 0.0758. The van der Waals surface area contributed by atoms with E-state index in [4.69, 9.17) is 9.63 Å². The number of carbonyl (C=O) groups excluding carboxylic acids is 1. The molecule has 1 N–H and O–H groups in total. The molecule has 0 saturated carbocycles. The van der Waals surface area contributed by atoms with Gasteiger partial charge in [-0.05, 0) is 24.3 Å². The Balaban J connectivity index is 1.72. The zero-order chi connectivity index (χ0) is 20.5. The summed E-state index contributed by atoms with van der Waals surface area (Å²) in [7, 11) is 3.48. The van der Waals surface area contributed by atoms with Gasteiger partial charge in [0.05, 0.1) is 29.7 Å². The third-order valence-corrected chi connectivity index (χ3v) is 4.74. The molecule has 9 heteroatoms. The quantitative estimate of drug-likeness (QED) is 0.553. The highest BCUT2D eigenvalue weighted by Gasteiger charge is 2.18.